The zero-order valence-corrected chi connectivity index (χ0v) is 11.4. The van der Waals surface area contributed by atoms with Gasteiger partial charge in [-0.3, -0.25) is 4.79 Å². The third kappa shape index (κ3) is 4.49. The molecule has 16 heavy (non-hydrogen) atoms. The minimum absolute atomic E-state index is 0.0180. The van der Waals surface area contributed by atoms with Crippen molar-refractivity contribution < 1.29 is 4.79 Å². The third-order valence-corrected chi connectivity index (χ3v) is 3.22. The Bertz CT molecular complexity index is 371. The predicted molar refractivity (Wildman–Crippen MR) is 69.7 cm³/mol. The molecule has 0 aromatic carbocycles. The summed E-state index contributed by atoms with van der Waals surface area (Å²) >= 11 is 9.00. The van der Waals surface area contributed by atoms with Crippen LogP contribution in [0, 0.1) is 0 Å². The molecule has 0 spiro atoms. The Hall–Kier alpha value is -0.610. The number of hydrogen-bond donors (Lipinski definition) is 1. The van der Waals surface area contributed by atoms with Crippen LogP contribution in [0.3, 0.4) is 0 Å². The van der Waals surface area contributed by atoms with Gasteiger partial charge >= 0.3 is 0 Å². The second-order valence-corrected chi connectivity index (χ2v) is 4.71. The van der Waals surface area contributed by atoms with Crippen LogP contribution in [-0.2, 0) is 4.79 Å². The number of aromatic nitrogens is 1. The number of rotatable bonds is 5. The minimum atomic E-state index is 0.0180. The van der Waals surface area contributed by atoms with Crippen molar-refractivity contribution in [1.29, 1.82) is 0 Å². The van der Waals surface area contributed by atoms with Crippen molar-refractivity contribution in [1.82, 2.24) is 4.98 Å². The maximum absolute atomic E-state index is 11.5. The van der Waals surface area contributed by atoms with Crippen molar-refractivity contribution in [3.8, 4) is 0 Å². The zero-order chi connectivity index (χ0) is 12.0. The Kier molecular flexibility index (Phi) is 5.77. The van der Waals surface area contributed by atoms with E-state index in [0.29, 0.717) is 21.7 Å². The summed E-state index contributed by atoms with van der Waals surface area (Å²) in [5, 5.41) is 3.17. The number of carbonyl (C=O) groups excluding carboxylic acids is 1. The number of halogens is 2. The van der Waals surface area contributed by atoms with Crippen LogP contribution in [0.25, 0.3) is 0 Å². The lowest BCUT2D eigenvalue weighted by molar-refractivity contribution is -0.116. The Morgan fingerprint density at radius 2 is 2.31 bits per heavy atom. The van der Waals surface area contributed by atoms with E-state index in [9.17, 15) is 4.79 Å². The van der Waals surface area contributed by atoms with Gasteiger partial charge in [0.05, 0.1) is 16.4 Å². The SMILES string of the molecule is CCCCCC(=O)Nc1cnc(Cl)c(Br)c1. The van der Waals surface area contributed by atoms with E-state index in [-0.39, 0.29) is 5.91 Å². The van der Waals surface area contributed by atoms with Crippen LogP contribution in [0.1, 0.15) is 32.6 Å². The molecule has 88 valence electrons. The molecule has 1 amide bonds. The van der Waals surface area contributed by atoms with Crippen LogP contribution in [0.4, 0.5) is 5.69 Å². The summed E-state index contributed by atoms with van der Waals surface area (Å²) < 4.78 is 0.681. The molecule has 0 aliphatic carbocycles. The molecular formula is C11H14BrClN2O. The maximum atomic E-state index is 11.5. The molecule has 1 rings (SSSR count). The lowest BCUT2D eigenvalue weighted by Crippen LogP contribution is -2.11. The molecule has 5 heteroatoms. The topological polar surface area (TPSA) is 42.0 Å². The molecule has 1 aromatic heterocycles. The fourth-order valence-electron chi connectivity index (χ4n) is 1.25. The average molecular weight is 306 g/mol. The number of pyridine rings is 1. The van der Waals surface area contributed by atoms with Crippen molar-refractivity contribution in [2.75, 3.05) is 5.32 Å². The Morgan fingerprint density at radius 1 is 1.56 bits per heavy atom. The molecule has 0 saturated heterocycles. The van der Waals surface area contributed by atoms with E-state index in [1.807, 2.05) is 0 Å². The molecule has 1 aromatic rings. The van der Waals surface area contributed by atoms with Crippen molar-refractivity contribution in [2.45, 2.75) is 32.6 Å². The summed E-state index contributed by atoms with van der Waals surface area (Å²) in [5.74, 6) is 0.0180. The number of hydrogen-bond acceptors (Lipinski definition) is 2. The summed E-state index contributed by atoms with van der Waals surface area (Å²) in [6.07, 6.45) is 5.21. The predicted octanol–water partition coefficient (Wildman–Crippen LogP) is 4.02. The number of anilines is 1. The lowest BCUT2D eigenvalue weighted by Gasteiger charge is -2.05. The van der Waals surface area contributed by atoms with E-state index >= 15 is 0 Å². The zero-order valence-electron chi connectivity index (χ0n) is 9.09. The van der Waals surface area contributed by atoms with Crippen LogP contribution in [0.2, 0.25) is 5.15 Å². The Morgan fingerprint density at radius 3 is 2.94 bits per heavy atom. The van der Waals surface area contributed by atoms with Crippen LogP contribution >= 0.6 is 27.5 Å². The lowest BCUT2D eigenvalue weighted by atomic mass is 10.2. The van der Waals surface area contributed by atoms with E-state index in [4.69, 9.17) is 11.6 Å². The molecule has 3 nitrogen and oxygen atoms in total. The summed E-state index contributed by atoms with van der Waals surface area (Å²) in [6, 6.07) is 1.74. The van der Waals surface area contributed by atoms with Gasteiger partial charge in [0, 0.05) is 6.42 Å². The number of nitrogens with one attached hydrogen (secondary N) is 1. The highest BCUT2D eigenvalue weighted by Gasteiger charge is 2.04. The molecule has 0 bridgehead atoms. The number of amides is 1. The molecular weight excluding hydrogens is 291 g/mol. The highest BCUT2D eigenvalue weighted by Crippen LogP contribution is 2.22. The van der Waals surface area contributed by atoms with Crippen LogP contribution in [0.5, 0.6) is 0 Å². The summed E-state index contributed by atoms with van der Waals surface area (Å²) in [6.45, 7) is 2.11. The van der Waals surface area contributed by atoms with Gasteiger partial charge < -0.3 is 5.32 Å². The van der Waals surface area contributed by atoms with E-state index in [2.05, 4.69) is 33.2 Å². The number of nitrogens with zero attached hydrogens (tertiary/aromatic N) is 1. The quantitative estimate of drug-likeness (QED) is 0.659. The van der Waals surface area contributed by atoms with Gasteiger partial charge in [0.1, 0.15) is 5.15 Å². The maximum Gasteiger partial charge on any atom is 0.224 e. The Labute approximate surface area is 109 Å². The van der Waals surface area contributed by atoms with Gasteiger partial charge in [-0.15, -0.1) is 0 Å². The highest BCUT2D eigenvalue weighted by molar-refractivity contribution is 9.10. The van der Waals surface area contributed by atoms with Gasteiger partial charge in [0.25, 0.3) is 0 Å². The van der Waals surface area contributed by atoms with Crippen molar-refractivity contribution in [2.24, 2.45) is 0 Å². The number of unbranched alkanes of at least 4 members (excludes halogenated alkanes) is 2. The minimum Gasteiger partial charge on any atom is -0.325 e. The van der Waals surface area contributed by atoms with Crippen molar-refractivity contribution in [3.63, 3.8) is 0 Å². The monoisotopic (exact) mass is 304 g/mol. The molecule has 0 radical (unpaired) electrons. The van der Waals surface area contributed by atoms with E-state index in [1.54, 1.807) is 12.3 Å². The van der Waals surface area contributed by atoms with Crippen molar-refractivity contribution >= 4 is 39.1 Å². The smallest absolute Gasteiger partial charge is 0.224 e. The first-order chi connectivity index (χ1) is 7.63. The first-order valence-corrected chi connectivity index (χ1v) is 6.41. The normalized spacial score (nSPS) is 10.2. The van der Waals surface area contributed by atoms with Gasteiger partial charge in [-0.2, -0.15) is 0 Å². The fourth-order valence-corrected chi connectivity index (χ4v) is 1.70. The molecule has 0 unspecified atom stereocenters. The first-order valence-electron chi connectivity index (χ1n) is 5.24. The fraction of sp³-hybridized carbons (Fsp3) is 0.455. The first kappa shape index (κ1) is 13.5. The number of carbonyl (C=O) groups is 1. The molecule has 0 fully saturated rings. The molecule has 1 N–H and O–H groups in total. The molecule has 0 aliphatic heterocycles. The molecule has 0 aliphatic rings. The largest absolute Gasteiger partial charge is 0.325 e. The molecule has 0 atom stereocenters. The summed E-state index contributed by atoms with van der Waals surface area (Å²) in [5.41, 5.74) is 0.665. The average Bonchev–Trinajstić information content (AvgIpc) is 2.24. The summed E-state index contributed by atoms with van der Waals surface area (Å²) in [7, 11) is 0. The van der Waals surface area contributed by atoms with E-state index in [0.717, 1.165) is 19.3 Å². The third-order valence-electron chi connectivity index (χ3n) is 2.09. The summed E-state index contributed by atoms with van der Waals surface area (Å²) in [4.78, 5) is 15.4. The van der Waals surface area contributed by atoms with Crippen LogP contribution in [0.15, 0.2) is 16.7 Å². The standard InChI is InChI=1S/C11H14BrClN2O/c1-2-3-4-5-10(16)15-8-6-9(12)11(13)14-7-8/h6-7H,2-5H2,1H3,(H,15,16). The van der Waals surface area contributed by atoms with Gasteiger partial charge in [0.2, 0.25) is 5.91 Å². The van der Waals surface area contributed by atoms with Crippen LogP contribution < -0.4 is 5.32 Å². The second-order valence-electron chi connectivity index (χ2n) is 3.50. The Balaban J connectivity index is 2.46. The molecule has 0 saturated carbocycles. The van der Waals surface area contributed by atoms with Crippen LogP contribution in [-0.4, -0.2) is 10.9 Å². The van der Waals surface area contributed by atoms with E-state index in [1.165, 1.54) is 0 Å². The van der Waals surface area contributed by atoms with Gasteiger partial charge in [-0.05, 0) is 28.4 Å². The van der Waals surface area contributed by atoms with Gasteiger partial charge in [-0.1, -0.05) is 31.4 Å². The van der Waals surface area contributed by atoms with E-state index < -0.39 is 0 Å². The second kappa shape index (κ2) is 6.86. The van der Waals surface area contributed by atoms with Crippen molar-refractivity contribution in [3.05, 3.63) is 21.9 Å². The highest BCUT2D eigenvalue weighted by atomic mass is 79.9. The van der Waals surface area contributed by atoms with Gasteiger partial charge in [0.15, 0.2) is 0 Å². The van der Waals surface area contributed by atoms with Gasteiger partial charge in [-0.25, -0.2) is 4.98 Å². The molecule has 1 heterocycles.